The number of benzene rings is 3. The first-order chi connectivity index (χ1) is 15.6. The molecule has 0 aromatic heterocycles. The molecular weight excluding hydrogens is 532 g/mol. The van der Waals surface area contributed by atoms with Gasteiger partial charge in [-0.05, 0) is 49.0 Å². The lowest BCUT2D eigenvalue weighted by molar-refractivity contribution is 0.0698. The van der Waals surface area contributed by atoms with Crippen molar-refractivity contribution in [3.05, 3.63) is 65.7 Å². The van der Waals surface area contributed by atoms with Crippen LogP contribution >= 0.6 is 58.6 Å². The summed E-state index contributed by atoms with van der Waals surface area (Å²) in [6.07, 6.45) is 0. The summed E-state index contributed by atoms with van der Waals surface area (Å²) in [6, 6.07) is 5.57. The third-order valence-corrected chi connectivity index (χ3v) is 6.48. The Balaban J connectivity index is 2.34. The Labute approximate surface area is 210 Å². The number of aromatic hydroxyl groups is 1. The Morgan fingerprint density at radius 1 is 1.09 bits per heavy atom. The number of nitrogens with zero attached hydrogens (tertiary/aromatic N) is 1. The molecule has 2 aliphatic rings. The number of isothiocyanates is 1. The van der Waals surface area contributed by atoms with Crippen LogP contribution in [0.15, 0.2) is 38.5 Å². The van der Waals surface area contributed by atoms with Crippen LogP contribution in [0.4, 0.5) is 5.69 Å². The van der Waals surface area contributed by atoms with Crippen molar-refractivity contribution in [2.75, 3.05) is 0 Å². The van der Waals surface area contributed by atoms with Gasteiger partial charge in [-0.2, -0.15) is 4.99 Å². The zero-order valence-electron chi connectivity index (χ0n) is 16.3. The molecule has 1 aliphatic carbocycles. The van der Waals surface area contributed by atoms with Gasteiger partial charge in [0.2, 0.25) is 5.43 Å². The standard InChI is InChI=1S/C22H9Cl4NO5S/c1-7-4-10-13(9-5-11(23)18(27-6-33)16(25)14(9)22(30)31)8-2-3-12(28)15(24)20(8)32-21(10)17(26)19(7)29/h2-5,29H,1H3,(H,30,31). The molecule has 6 nitrogen and oxygen atoms in total. The van der Waals surface area contributed by atoms with Crippen molar-refractivity contribution in [3.63, 3.8) is 0 Å². The molecule has 0 bridgehead atoms. The molecule has 2 aromatic carbocycles. The molecule has 0 saturated carbocycles. The van der Waals surface area contributed by atoms with Gasteiger partial charge < -0.3 is 14.6 Å². The first-order valence-electron chi connectivity index (χ1n) is 8.99. The number of thiocarbonyl (C=S) groups is 1. The first-order valence-corrected chi connectivity index (χ1v) is 10.9. The molecule has 166 valence electrons. The summed E-state index contributed by atoms with van der Waals surface area (Å²) in [5.41, 5.74) is 0.128. The molecule has 0 saturated heterocycles. The molecule has 4 rings (SSSR count). The van der Waals surface area contributed by atoms with Gasteiger partial charge in [-0.15, -0.1) is 0 Å². The molecule has 11 heteroatoms. The summed E-state index contributed by atoms with van der Waals surface area (Å²) in [7, 11) is 0. The number of carboxylic acid groups (broad SMARTS) is 1. The second kappa shape index (κ2) is 8.61. The van der Waals surface area contributed by atoms with Gasteiger partial charge >= 0.3 is 5.97 Å². The van der Waals surface area contributed by atoms with Crippen molar-refractivity contribution >= 4 is 86.4 Å². The van der Waals surface area contributed by atoms with E-state index in [1.165, 1.54) is 18.2 Å². The van der Waals surface area contributed by atoms with Crippen LogP contribution < -0.4 is 5.43 Å². The van der Waals surface area contributed by atoms with E-state index in [0.717, 1.165) is 0 Å². The number of rotatable bonds is 3. The SMILES string of the molecule is Cc1cc2c(-c3cc(Cl)c(N=C=S)c(Cl)c3C(=O)O)c3ccc(=O)c(Cl)c-3oc2c(Cl)c1O. The fraction of sp³-hybridized carbons (Fsp3) is 0.0455. The number of carboxylic acids is 1. The Bertz CT molecular complexity index is 1590. The van der Waals surface area contributed by atoms with Crippen LogP contribution in [0.1, 0.15) is 15.9 Å². The van der Waals surface area contributed by atoms with E-state index in [1.807, 2.05) is 0 Å². The van der Waals surface area contributed by atoms with Crippen LogP contribution in [-0.4, -0.2) is 21.3 Å². The quantitative estimate of drug-likeness (QED) is 0.157. The number of hydrogen-bond acceptors (Lipinski definition) is 6. The number of fused-ring (bicyclic) bond motifs is 2. The zero-order valence-corrected chi connectivity index (χ0v) is 20.1. The number of carbonyl (C=O) groups is 1. The topological polar surface area (TPSA) is 100 Å². The maximum atomic E-state index is 12.3. The lowest BCUT2D eigenvalue weighted by Gasteiger charge is -2.20. The highest BCUT2D eigenvalue weighted by Gasteiger charge is 2.29. The summed E-state index contributed by atoms with van der Waals surface area (Å²) in [5, 5.41) is 22.1. The second-order valence-electron chi connectivity index (χ2n) is 6.92. The maximum Gasteiger partial charge on any atom is 0.337 e. The van der Waals surface area contributed by atoms with E-state index in [4.69, 9.17) is 50.8 Å². The normalized spacial score (nSPS) is 11.1. The molecule has 33 heavy (non-hydrogen) atoms. The summed E-state index contributed by atoms with van der Waals surface area (Å²) >= 11 is 29.9. The van der Waals surface area contributed by atoms with Crippen LogP contribution in [0.25, 0.3) is 33.4 Å². The molecule has 0 fully saturated rings. The van der Waals surface area contributed by atoms with E-state index in [9.17, 15) is 19.8 Å². The predicted octanol–water partition coefficient (Wildman–Crippen LogP) is 7.62. The van der Waals surface area contributed by atoms with Gasteiger partial charge in [-0.25, -0.2) is 4.79 Å². The van der Waals surface area contributed by atoms with Gasteiger partial charge in [0.15, 0.2) is 11.3 Å². The van der Waals surface area contributed by atoms with Gasteiger partial charge in [0.05, 0.1) is 20.8 Å². The number of hydrogen-bond donors (Lipinski definition) is 2. The van der Waals surface area contributed by atoms with Crippen LogP contribution in [0, 0.1) is 6.92 Å². The van der Waals surface area contributed by atoms with E-state index in [1.54, 1.807) is 13.0 Å². The Hall–Kier alpha value is -2.64. The molecule has 2 aromatic rings. The van der Waals surface area contributed by atoms with E-state index >= 15 is 0 Å². The van der Waals surface area contributed by atoms with E-state index in [0.29, 0.717) is 16.5 Å². The molecule has 1 aliphatic heterocycles. The third kappa shape index (κ3) is 3.67. The Morgan fingerprint density at radius 3 is 2.42 bits per heavy atom. The summed E-state index contributed by atoms with van der Waals surface area (Å²) in [5.74, 6) is -1.67. The van der Waals surface area contributed by atoms with Crippen molar-refractivity contribution in [2.45, 2.75) is 6.92 Å². The molecule has 1 heterocycles. The zero-order chi connectivity index (χ0) is 24.2. The summed E-state index contributed by atoms with van der Waals surface area (Å²) in [4.78, 5) is 28.2. The Kier molecular flexibility index (Phi) is 6.14. The minimum atomic E-state index is -1.37. The average Bonchev–Trinajstić information content (AvgIpc) is 2.76. The molecule has 0 radical (unpaired) electrons. The van der Waals surface area contributed by atoms with Crippen molar-refractivity contribution < 1.29 is 19.4 Å². The fourth-order valence-corrected chi connectivity index (χ4v) is 4.77. The largest absolute Gasteiger partial charge is 0.506 e. The van der Waals surface area contributed by atoms with Gasteiger partial charge in [0.25, 0.3) is 0 Å². The van der Waals surface area contributed by atoms with Crippen LogP contribution in [-0.2, 0) is 0 Å². The summed E-state index contributed by atoms with van der Waals surface area (Å²) < 4.78 is 5.83. The molecule has 0 atom stereocenters. The number of aromatic carboxylic acids is 1. The molecule has 0 amide bonds. The lowest BCUT2D eigenvalue weighted by Crippen LogP contribution is -2.06. The highest BCUT2D eigenvalue weighted by molar-refractivity contribution is 7.78. The van der Waals surface area contributed by atoms with Crippen LogP contribution in [0.3, 0.4) is 0 Å². The minimum Gasteiger partial charge on any atom is -0.506 e. The molecule has 2 N–H and O–H groups in total. The first kappa shape index (κ1) is 23.5. The van der Waals surface area contributed by atoms with Gasteiger partial charge in [-0.3, -0.25) is 4.79 Å². The highest BCUT2D eigenvalue weighted by Crippen LogP contribution is 2.50. The molecular formula is C22H9Cl4NO5S. The smallest absolute Gasteiger partial charge is 0.337 e. The number of aryl methyl sites for hydroxylation is 1. The van der Waals surface area contributed by atoms with E-state index < -0.39 is 11.4 Å². The average molecular weight is 541 g/mol. The van der Waals surface area contributed by atoms with Gasteiger partial charge in [0, 0.05) is 22.1 Å². The van der Waals surface area contributed by atoms with Crippen molar-refractivity contribution in [3.8, 4) is 28.2 Å². The Morgan fingerprint density at radius 2 is 1.79 bits per heavy atom. The number of phenolic OH excluding ortho intramolecular Hbond substituents is 1. The van der Waals surface area contributed by atoms with E-state index in [2.05, 4.69) is 22.4 Å². The monoisotopic (exact) mass is 539 g/mol. The minimum absolute atomic E-state index is 0.00702. The van der Waals surface area contributed by atoms with Gasteiger partial charge in [-0.1, -0.05) is 46.4 Å². The number of phenols is 1. The predicted molar refractivity (Wildman–Crippen MR) is 133 cm³/mol. The number of aliphatic imine (C=N–C) groups is 1. The van der Waals surface area contributed by atoms with Crippen molar-refractivity contribution in [1.82, 2.24) is 0 Å². The van der Waals surface area contributed by atoms with E-state index in [-0.39, 0.29) is 59.6 Å². The summed E-state index contributed by atoms with van der Waals surface area (Å²) in [6.45, 7) is 1.61. The molecule has 0 spiro atoms. The van der Waals surface area contributed by atoms with Crippen LogP contribution in [0.5, 0.6) is 5.75 Å². The third-order valence-electron chi connectivity index (χ3n) is 5.03. The van der Waals surface area contributed by atoms with Crippen molar-refractivity contribution in [1.29, 1.82) is 0 Å². The molecule has 0 unspecified atom stereocenters. The lowest BCUT2D eigenvalue weighted by atomic mass is 9.89. The highest BCUT2D eigenvalue weighted by atomic mass is 35.5. The second-order valence-corrected chi connectivity index (χ2v) is 8.64. The maximum absolute atomic E-state index is 12.3. The van der Waals surface area contributed by atoms with Gasteiger partial charge in [0.1, 0.15) is 21.5 Å². The van der Waals surface area contributed by atoms with Crippen molar-refractivity contribution in [2.24, 2.45) is 4.99 Å². The fourth-order valence-electron chi connectivity index (χ4n) is 3.57. The van der Waals surface area contributed by atoms with Crippen LogP contribution in [0.2, 0.25) is 20.1 Å². The number of halogens is 4.